The van der Waals surface area contributed by atoms with Crippen LogP contribution in [0, 0.1) is 23.7 Å². The highest BCUT2D eigenvalue weighted by atomic mass is 16.5. The van der Waals surface area contributed by atoms with Gasteiger partial charge in [-0.1, -0.05) is 12.1 Å². The van der Waals surface area contributed by atoms with Gasteiger partial charge in [0, 0.05) is 38.0 Å². The highest BCUT2D eigenvalue weighted by molar-refractivity contribution is 5.75. The first kappa shape index (κ1) is 37.2. The lowest BCUT2D eigenvalue weighted by Gasteiger charge is -2.27. The Morgan fingerprint density at radius 2 is 1.21 bits per heavy atom. The van der Waals surface area contributed by atoms with Crippen molar-refractivity contribution in [2.45, 2.75) is 75.4 Å². The van der Waals surface area contributed by atoms with Crippen LogP contribution in [0.5, 0.6) is 23.0 Å². The second kappa shape index (κ2) is 17.3. The molecule has 5 fully saturated rings. The molecule has 4 N–H and O–H groups in total. The lowest BCUT2D eigenvalue weighted by Crippen LogP contribution is -2.47. The fraction of sp³-hybridized carbons (Fsp3) is 0.615. The number of methoxy groups -OCH3 is 4. The molecule has 4 aliphatic carbocycles. The van der Waals surface area contributed by atoms with Crippen molar-refractivity contribution in [3.05, 3.63) is 47.5 Å². The molecule has 5 aliphatic rings. The van der Waals surface area contributed by atoms with Crippen LogP contribution in [0.25, 0.3) is 0 Å². The van der Waals surface area contributed by atoms with E-state index in [1.165, 1.54) is 64.7 Å². The Morgan fingerprint density at radius 1 is 0.692 bits per heavy atom. The molecular weight excluding hydrogens is 668 g/mol. The number of urea groups is 1. The van der Waals surface area contributed by atoms with Crippen LogP contribution in [0.2, 0.25) is 0 Å². The van der Waals surface area contributed by atoms with Gasteiger partial charge in [0.25, 0.3) is 0 Å². The van der Waals surface area contributed by atoms with Crippen LogP contribution in [-0.4, -0.2) is 85.0 Å². The van der Waals surface area contributed by atoms with Crippen molar-refractivity contribution in [2.75, 3.05) is 54.6 Å². The van der Waals surface area contributed by atoms with E-state index < -0.39 is 12.2 Å². The monoisotopic (exact) mass is 722 g/mol. The summed E-state index contributed by atoms with van der Waals surface area (Å²) in [6.07, 6.45) is 9.56. The molecule has 4 bridgehead atoms. The van der Waals surface area contributed by atoms with Crippen LogP contribution in [-0.2, 0) is 9.47 Å². The van der Waals surface area contributed by atoms with E-state index in [1.54, 1.807) is 14.2 Å². The van der Waals surface area contributed by atoms with Gasteiger partial charge in [-0.2, -0.15) is 0 Å². The number of carbonyl (C=O) groups excluding carboxylic acids is 3. The third-order valence-corrected chi connectivity index (χ3v) is 11.6. The van der Waals surface area contributed by atoms with Gasteiger partial charge in [-0.25, -0.2) is 14.4 Å². The third-order valence-electron chi connectivity index (χ3n) is 11.6. The van der Waals surface area contributed by atoms with E-state index in [0.29, 0.717) is 42.5 Å². The average Bonchev–Trinajstić information content (AvgIpc) is 3.99. The highest BCUT2D eigenvalue weighted by Gasteiger charge is 2.42. The largest absolute Gasteiger partial charge is 0.493 e. The smallest absolute Gasteiger partial charge is 0.406 e. The maximum Gasteiger partial charge on any atom is 0.406 e. The Bertz CT molecular complexity index is 1530. The number of ether oxygens (including phenoxy) is 6. The van der Waals surface area contributed by atoms with E-state index in [-0.39, 0.29) is 37.1 Å². The van der Waals surface area contributed by atoms with Crippen LogP contribution >= 0.6 is 0 Å². The molecule has 284 valence electrons. The SMILES string of the molecule is COC(=O)NCC(CNC(=O)OC)c1ccc(OC)c(OC2CC3CCC2C3)c1.COc1ccc(C2CNC(=O)NC2)cc1OC1CC2CCC1C2. The van der Waals surface area contributed by atoms with E-state index in [4.69, 9.17) is 18.9 Å². The zero-order chi connectivity index (χ0) is 36.6. The van der Waals surface area contributed by atoms with Gasteiger partial charge in [0.1, 0.15) is 12.2 Å². The van der Waals surface area contributed by atoms with Gasteiger partial charge in [0.05, 0.1) is 28.4 Å². The Kier molecular flexibility index (Phi) is 12.4. The van der Waals surface area contributed by atoms with Gasteiger partial charge in [-0.05, 0) is 110 Å². The van der Waals surface area contributed by atoms with E-state index in [1.807, 2.05) is 24.3 Å². The van der Waals surface area contributed by atoms with E-state index in [9.17, 15) is 14.4 Å². The van der Waals surface area contributed by atoms with Crippen LogP contribution < -0.4 is 40.2 Å². The maximum atomic E-state index is 11.5. The summed E-state index contributed by atoms with van der Waals surface area (Å²) in [6.45, 7) is 1.89. The Morgan fingerprint density at radius 3 is 1.67 bits per heavy atom. The first-order chi connectivity index (χ1) is 25.3. The number of nitrogens with one attached hydrogen (secondary N) is 4. The number of alkyl carbamates (subject to hydrolysis) is 2. The average molecular weight is 723 g/mol. The van der Waals surface area contributed by atoms with Gasteiger partial charge in [-0.3, -0.25) is 0 Å². The summed E-state index contributed by atoms with van der Waals surface area (Å²) in [7, 11) is 5.93. The Balaban J connectivity index is 0.000000183. The first-order valence-electron chi connectivity index (χ1n) is 18.6. The van der Waals surface area contributed by atoms with Crippen molar-refractivity contribution in [3.8, 4) is 23.0 Å². The quantitative estimate of drug-likeness (QED) is 0.216. The van der Waals surface area contributed by atoms with Crippen LogP contribution in [0.1, 0.15) is 74.3 Å². The maximum absolute atomic E-state index is 11.5. The summed E-state index contributed by atoms with van der Waals surface area (Å²) >= 11 is 0. The molecule has 1 heterocycles. The van der Waals surface area contributed by atoms with E-state index in [0.717, 1.165) is 35.3 Å². The standard InChI is InChI=1S/C21H30N2O6.C18H24N2O3/c1-26-17-7-6-14(10-19(17)29-18-9-13-4-5-15(18)8-13)16(11-22-20(24)27-2)12-23-21(25)28-3;1-22-15-5-4-12(14-9-19-18(21)20-10-14)8-17(15)23-16-7-11-2-3-13(16)6-11/h6-7,10,13,15-16,18H,4-5,8-9,11-12H2,1-3H3,(H,22,24)(H,23,25);4-5,8,11,13-14,16H,2-3,6-7,9-10H2,1H3,(H2,19,20,21). The van der Waals surface area contributed by atoms with Crippen molar-refractivity contribution >= 4 is 18.2 Å². The van der Waals surface area contributed by atoms with Crippen molar-refractivity contribution in [3.63, 3.8) is 0 Å². The fourth-order valence-corrected chi connectivity index (χ4v) is 8.73. The molecule has 2 aromatic carbocycles. The first-order valence-corrected chi connectivity index (χ1v) is 18.6. The lowest BCUT2D eigenvalue weighted by molar-refractivity contribution is 0.133. The van der Waals surface area contributed by atoms with Gasteiger partial charge >= 0.3 is 18.2 Å². The van der Waals surface area contributed by atoms with Crippen molar-refractivity contribution in [1.82, 2.24) is 21.3 Å². The number of rotatable bonds is 12. The minimum absolute atomic E-state index is 0.0896. The molecule has 52 heavy (non-hydrogen) atoms. The van der Waals surface area contributed by atoms with Crippen molar-refractivity contribution in [2.24, 2.45) is 23.7 Å². The molecule has 13 heteroatoms. The predicted octanol–water partition coefficient (Wildman–Crippen LogP) is 5.72. The number of hydrogen-bond donors (Lipinski definition) is 4. The molecule has 1 aliphatic heterocycles. The highest BCUT2D eigenvalue weighted by Crippen LogP contribution is 2.48. The topological polar surface area (TPSA) is 155 Å². The number of benzene rings is 2. The summed E-state index contributed by atoms with van der Waals surface area (Å²) < 4.78 is 33.0. The molecule has 4 amide bonds. The number of carbonyl (C=O) groups is 3. The fourth-order valence-electron chi connectivity index (χ4n) is 8.73. The molecule has 0 radical (unpaired) electrons. The van der Waals surface area contributed by atoms with E-state index >= 15 is 0 Å². The Labute approximate surface area is 306 Å². The molecule has 1 saturated heterocycles. The van der Waals surface area contributed by atoms with Gasteiger partial charge < -0.3 is 49.7 Å². The van der Waals surface area contributed by atoms with Crippen LogP contribution in [0.3, 0.4) is 0 Å². The zero-order valence-electron chi connectivity index (χ0n) is 30.7. The molecular formula is C39H54N4O9. The minimum atomic E-state index is -0.528. The van der Waals surface area contributed by atoms with Gasteiger partial charge in [0.15, 0.2) is 23.0 Å². The normalized spacial score (nSPS) is 25.7. The second-order valence-electron chi connectivity index (χ2n) is 14.7. The second-order valence-corrected chi connectivity index (χ2v) is 14.7. The minimum Gasteiger partial charge on any atom is -0.493 e. The summed E-state index contributed by atoms with van der Waals surface area (Å²) in [6, 6.07) is 11.8. The predicted molar refractivity (Wildman–Crippen MR) is 193 cm³/mol. The molecule has 0 aromatic heterocycles. The third kappa shape index (κ3) is 9.08. The molecule has 4 saturated carbocycles. The molecule has 0 spiro atoms. The molecule has 2 aromatic rings. The summed E-state index contributed by atoms with van der Waals surface area (Å²) in [5, 5.41) is 11.1. The van der Waals surface area contributed by atoms with Gasteiger partial charge in [-0.15, -0.1) is 0 Å². The Hall–Kier alpha value is -4.55. The number of hydrogen-bond acceptors (Lipinski definition) is 9. The summed E-state index contributed by atoms with van der Waals surface area (Å²) in [4.78, 5) is 34.3. The lowest BCUT2D eigenvalue weighted by atomic mass is 9.96. The van der Waals surface area contributed by atoms with E-state index in [2.05, 4.69) is 42.9 Å². The number of amides is 4. The van der Waals surface area contributed by atoms with Crippen LogP contribution in [0.15, 0.2) is 36.4 Å². The molecule has 13 nitrogen and oxygen atoms in total. The van der Waals surface area contributed by atoms with Crippen molar-refractivity contribution < 1.29 is 42.8 Å². The molecule has 6 atom stereocenters. The zero-order valence-corrected chi connectivity index (χ0v) is 30.7. The number of fused-ring (bicyclic) bond motifs is 4. The summed E-state index contributed by atoms with van der Waals surface area (Å²) in [5.41, 5.74) is 2.09. The van der Waals surface area contributed by atoms with Gasteiger partial charge in [0.2, 0.25) is 0 Å². The molecule has 6 unspecified atom stereocenters. The summed E-state index contributed by atoms with van der Waals surface area (Å²) in [5.74, 6) is 6.06. The van der Waals surface area contributed by atoms with Crippen molar-refractivity contribution in [1.29, 1.82) is 0 Å². The molecule has 7 rings (SSSR count). The van der Waals surface area contributed by atoms with Crippen LogP contribution in [0.4, 0.5) is 14.4 Å².